The van der Waals surface area contributed by atoms with Gasteiger partial charge in [-0.15, -0.1) is 11.3 Å². The molecule has 1 heterocycles. The van der Waals surface area contributed by atoms with Crippen LogP contribution < -0.4 is 0 Å². The Morgan fingerprint density at radius 2 is 1.69 bits per heavy atom. The van der Waals surface area contributed by atoms with E-state index in [0.717, 1.165) is 0 Å². The molecular formula is C21H30O7S. The molecule has 1 rings (SSSR count). The highest BCUT2D eigenvalue weighted by Crippen LogP contribution is 2.17. The second-order valence-corrected chi connectivity index (χ2v) is 7.88. The first-order chi connectivity index (χ1) is 13.7. The molecule has 0 bridgehead atoms. The molecule has 0 saturated carbocycles. The summed E-state index contributed by atoms with van der Waals surface area (Å²) >= 11 is 1.35. The van der Waals surface area contributed by atoms with Crippen molar-refractivity contribution >= 4 is 34.8 Å². The quantitative estimate of drug-likeness (QED) is 0.330. The maximum Gasteiger partial charge on any atom is 0.309 e. The fraction of sp³-hybridized carbons (Fsp3) is 0.619. The van der Waals surface area contributed by atoms with E-state index in [1.807, 2.05) is 5.38 Å². The Kier molecular flexibility index (Phi) is 11.4. The van der Waals surface area contributed by atoms with Crippen LogP contribution in [0.4, 0.5) is 0 Å². The van der Waals surface area contributed by atoms with Crippen LogP contribution in [0.15, 0.2) is 17.5 Å². The zero-order valence-electron chi connectivity index (χ0n) is 17.5. The summed E-state index contributed by atoms with van der Waals surface area (Å²) < 4.78 is 15.8. The van der Waals surface area contributed by atoms with Gasteiger partial charge in [0.15, 0.2) is 5.78 Å². The number of hydrogen-bond acceptors (Lipinski definition) is 8. The lowest BCUT2D eigenvalue weighted by Gasteiger charge is -2.20. The van der Waals surface area contributed by atoms with Crippen LogP contribution in [0.3, 0.4) is 0 Å². The first-order valence-corrected chi connectivity index (χ1v) is 10.6. The highest BCUT2D eigenvalue weighted by atomic mass is 32.1. The molecule has 0 saturated heterocycles. The highest BCUT2D eigenvalue weighted by molar-refractivity contribution is 7.12. The Balaban J connectivity index is 2.55. The fourth-order valence-corrected chi connectivity index (χ4v) is 3.31. The van der Waals surface area contributed by atoms with Crippen LogP contribution in [0, 0.1) is 0 Å². The Morgan fingerprint density at radius 3 is 2.24 bits per heavy atom. The van der Waals surface area contributed by atoms with Gasteiger partial charge in [0, 0.05) is 20.0 Å². The van der Waals surface area contributed by atoms with Crippen LogP contribution in [-0.4, -0.2) is 48.9 Å². The molecule has 0 spiro atoms. The number of carbonyl (C=O) groups is 4. The molecule has 29 heavy (non-hydrogen) atoms. The zero-order valence-corrected chi connectivity index (χ0v) is 18.3. The van der Waals surface area contributed by atoms with Crippen molar-refractivity contribution in [3.8, 4) is 0 Å². The Bertz CT molecular complexity index is 669. The van der Waals surface area contributed by atoms with Crippen LogP contribution in [0.25, 0.3) is 0 Å². The first-order valence-electron chi connectivity index (χ1n) is 9.73. The number of ketones is 2. The molecule has 0 N–H and O–H groups in total. The summed E-state index contributed by atoms with van der Waals surface area (Å²) in [6.45, 7) is 4.97. The predicted octanol–water partition coefficient (Wildman–Crippen LogP) is 3.74. The SMILES string of the molecule is CCC(CC(=O)OC(CCC(=O)c1cccs1)CC(C)=O)OC(=O)CC(C)OC. The largest absolute Gasteiger partial charge is 0.462 e. The summed E-state index contributed by atoms with van der Waals surface area (Å²) in [5, 5.41) is 1.82. The Labute approximate surface area is 175 Å². The second kappa shape index (κ2) is 13.2. The number of esters is 2. The third-order valence-electron chi connectivity index (χ3n) is 4.31. The van der Waals surface area contributed by atoms with Gasteiger partial charge in [0.2, 0.25) is 0 Å². The van der Waals surface area contributed by atoms with Crippen LogP contribution in [0.1, 0.15) is 69.0 Å². The van der Waals surface area contributed by atoms with Gasteiger partial charge < -0.3 is 14.2 Å². The van der Waals surface area contributed by atoms with E-state index in [1.165, 1.54) is 25.4 Å². The maximum atomic E-state index is 12.3. The van der Waals surface area contributed by atoms with Crippen molar-refractivity contribution in [2.45, 2.75) is 77.6 Å². The van der Waals surface area contributed by atoms with Gasteiger partial charge in [0.25, 0.3) is 0 Å². The number of Topliss-reactive ketones (excluding diaryl/α,β-unsaturated/α-hetero) is 2. The van der Waals surface area contributed by atoms with Crippen molar-refractivity contribution in [2.75, 3.05) is 7.11 Å². The molecule has 0 aliphatic carbocycles. The van der Waals surface area contributed by atoms with E-state index in [4.69, 9.17) is 14.2 Å². The molecule has 0 amide bonds. The van der Waals surface area contributed by atoms with Gasteiger partial charge >= 0.3 is 11.9 Å². The van der Waals surface area contributed by atoms with Crippen LogP contribution >= 0.6 is 11.3 Å². The minimum Gasteiger partial charge on any atom is -0.462 e. The second-order valence-electron chi connectivity index (χ2n) is 6.93. The van der Waals surface area contributed by atoms with Crippen LogP contribution in [0.5, 0.6) is 0 Å². The maximum absolute atomic E-state index is 12.3. The van der Waals surface area contributed by atoms with Gasteiger partial charge in [0.1, 0.15) is 18.0 Å². The van der Waals surface area contributed by atoms with Crippen molar-refractivity contribution in [2.24, 2.45) is 0 Å². The number of rotatable bonds is 14. The topological polar surface area (TPSA) is 96.0 Å². The highest BCUT2D eigenvalue weighted by Gasteiger charge is 2.23. The summed E-state index contributed by atoms with van der Waals surface area (Å²) in [4.78, 5) is 48.5. The molecule has 7 nitrogen and oxygen atoms in total. The van der Waals surface area contributed by atoms with E-state index in [2.05, 4.69) is 0 Å². The van der Waals surface area contributed by atoms with Gasteiger partial charge in [0.05, 0.1) is 23.8 Å². The molecule has 0 fully saturated rings. The third-order valence-corrected chi connectivity index (χ3v) is 5.22. The number of methoxy groups -OCH3 is 1. The summed E-state index contributed by atoms with van der Waals surface area (Å²) in [6, 6.07) is 3.54. The lowest BCUT2D eigenvalue weighted by molar-refractivity contribution is -0.159. The molecule has 3 unspecified atom stereocenters. The molecule has 0 aromatic carbocycles. The fourth-order valence-electron chi connectivity index (χ4n) is 2.62. The Morgan fingerprint density at radius 1 is 1.03 bits per heavy atom. The molecule has 0 aliphatic heterocycles. The van der Waals surface area contributed by atoms with Crippen molar-refractivity contribution in [1.29, 1.82) is 0 Å². The van der Waals surface area contributed by atoms with Crippen molar-refractivity contribution in [3.05, 3.63) is 22.4 Å². The van der Waals surface area contributed by atoms with Crippen molar-refractivity contribution in [3.63, 3.8) is 0 Å². The lowest BCUT2D eigenvalue weighted by atomic mass is 10.1. The van der Waals surface area contributed by atoms with Gasteiger partial charge in [-0.25, -0.2) is 0 Å². The molecule has 0 aliphatic rings. The third kappa shape index (κ3) is 10.3. The predicted molar refractivity (Wildman–Crippen MR) is 109 cm³/mol. The van der Waals surface area contributed by atoms with Crippen LogP contribution in [0.2, 0.25) is 0 Å². The minimum absolute atomic E-state index is 0.0442. The number of carbonyl (C=O) groups excluding carboxylic acids is 4. The molecule has 1 aromatic rings. The van der Waals surface area contributed by atoms with E-state index >= 15 is 0 Å². The molecule has 0 radical (unpaired) electrons. The smallest absolute Gasteiger partial charge is 0.309 e. The number of thiophene rings is 1. The summed E-state index contributed by atoms with van der Waals surface area (Å²) in [6.07, 6.45) is -0.599. The molecule has 1 aromatic heterocycles. The Hall–Kier alpha value is -2.06. The average Bonchev–Trinajstić information content (AvgIpc) is 3.19. The van der Waals surface area contributed by atoms with Crippen molar-refractivity contribution < 1.29 is 33.4 Å². The van der Waals surface area contributed by atoms with Crippen molar-refractivity contribution in [1.82, 2.24) is 0 Å². The van der Waals surface area contributed by atoms with E-state index in [0.29, 0.717) is 11.3 Å². The van der Waals surface area contributed by atoms with Gasteiger partial charge in [-0.05, 0) is 38.1 Å². The molecule has 8 heteroatoms. The van der Waals surface area contributed by atoms with E-state index in [1.54, 1.807) is 26.0 Å². The van der Waals surface area contributed by atoms with E-state index < -0.39 is 24.1 Å². The molecular weight excluding hydrogens is 396 g/mol. The average molecular weight is 427 g/mol. The molecule has 3 atom stereocenters. The summed E-state index contributed by atoms with van der Waals surface area (Å²) in [5.74, 6) is -1.17. The molecule has 162 valence electrons. The van der Waals surface area contributed by atoms with Gasteiger partial charge in [-0.1, -0.05) is 13.0 Å². The summed E-state index contributed by atoms with van der Waals surface area (Å²) in [5.41, 5.74) is 0. The van der Waals surface area contributed by atoms with Gasteiger partial charge in [-0.2, -0.15) is 0 Å². The number of hydrogen-bond donors (Lipinski definition) is 0. The van der Waals surface area contributed by atoms with E-state index in [-0.39, 0.29) is 49.8 Å². The minimum atomic E-state index is -0.675. The monoisotopic (exact) mass is 426 g/mol. The summed E-state index contributed by atoms with van der Waals surface area (Å²) in [7, 11) is 1.50. The normalized spacial score (nSPS) is 13.9. The first kappa shape index (κ1) is 25.0. The lowest BCUT2D eigenvalue weighted by Crippen LogP contribution is -2.27. The van der Waals surface area contributed by atoms with Crippen LogP contribution in [-0.2, 0) is 28.6 Å². The van der Waals surface area contributed by atoms with E-state index in [9.17, 15) is 19.2 Å². The van der Waals surface area contributed by atoms with Gasteiger partial charge in [-0.3, -0.25) is 19.2 Å². The standard InChI is InChI=1S/C21H30O7S/c1-5-16(27-20(24)12-15(3)26-4)13-21(25)28-17(11-14(2)22)8-9-18(23)19-7-6-10-29-19/h6-7,10,15-17H,5,8-9,11-13H2,1-4H3. The number of ether oxygens (including phenoxy) is 3. The zero-order chi connectivity index (χ0) is 21.8.